The maximum atomic E-state index is 12.8. The topological polar surface area (TPSA) is 82.2 Å². The maximum Gasteiger partial charge on any atom is 0.253 e. The summed E-state index contributed by atoms with van der Waals surface area (Å²) in [5, 5.41) is 6.84. The maximum absolute atomic E-state index is 12.8. The molecule has 0 radical (unpaired) electrons. The number of carbonyl (C=O) groups is 1. The minimum Gasteiger partial charge on any atom is -0.384 e. The number of ether oxygens (including phenoxy) is 1. The van der Waals surface area contributed by atoms with Gasteiger partial charge in [-0.2, -0.15) is 4.98 Å². The smallest absolute Gasteiger partial charge is 0.253 e. The molecule has 1 aromatic carbocycles. The molecule has 0 unspecified atom stereocenters. The average Bonchev–Trinajstić information content (AvgIpc) is 3.25. The van der Waals surface area contributed by atoms with Crippen molar-refractivity contribution in [2.75, 3.05) is 13.7 Å². The van der Waals surface area contributed by atoms with E-state index in [1.54, 1.807) is 7.11 Å². The van der Waals surface area contributed by atoms with Gasteiger partial charge in [0.15, 0.2) is 5.82 Å². The summed E-state index contributed by atoms with van der Waals surface area (Å²) >= 11 is 0. The molecule has 1 N–H and O–H groups in total. The SMILES string of the molecule is COCCc1noc([C@@H](C)NC(=O)c2cc(C)n(-c3ccccc3)c2C)n1. The van der Waals surface area contributed by atoms with Gasteiger partial charge in [-0.15, -0.1) is 0 Å². The second-order valence-corrected chi connectivity index (χ2v) is 6.44. The first-order valence-corrected chi connectivity index (χ1v) is 8.88. The summed E-state index contributed by atoms with van der Waals surface area (Å²) in [6.45, 7) is 6.27. The van der Waals surface area contributed by atoms with Gasteiger partial charge in [0.25, 0.3) is 5.91 Å². The molecule has 0 bridgehead atoms. The fourth-order valence-electron chi connectivity index (χ4n) is 3.04. The molecule has 0 aliphatic carbocycles. The molecular weight excluding hydrogens is 344 g/mol. The normalized spacial score (nSPS) is 12.1. The zero-order chi connectivity index (χ0) is 19.4. The largest absolute Gasteiger partial charge is 0.384 e. The van der Waals surface area contributed by atoms with E-state index in [0.717, 1.165) is 17.1 Å². The van der Waals surface area contributed by atoms with Crippen molar-refractivity contribution >= 4 is 5.91 Å². The highest BCUT2D eigenvalue weighted by molar-refractivity contribution is 5.96. The lowest BCUT2D eigenvalue weighted by Gasteiger charge is -2.11. The first-order valence-electron chi connectivity index (χ1n) is 8.88. The zero-order valence-corrected chi connectivity index (χ0v) is 16.0. The Morgan fingerprint density at radius 1 is 1.30 bits per heavy atom. The fourth-order valence-corrected chi connectivity index (χ4v) is 3.04. The van der Waals surface area contributed by atoms with Crippen molar-refractivity contribution in [3.63, 3.8) is 0 Å². The van der Waals surface area contributed by atoms with E-state index in [1.807, 2.05) is 57.2 Å². The summed E-state index contributed by atoms with van der Waals surface area (Å²) < 4.78 is 12.3. The van der Waals surface area contributed by atoms with Crippen molar-refractivity contribution in [3.8, 4) is 5.69 Å². The molecule has 0 saturated heterocycles. The highest BCUT2D eigenvalue weighted by Gasteiger charge is 2.21. The molecule has 27 heavy (non-hydrogen) atoms. The number of nitrogens with zero attached hydrogens (tertiary/aromatic N) is 3. The minimum atomic E-state index is -0.388. The van der Waals surface area contributed by atoms with Crippen LogP contribution in [0.2, 0.25) is 0 Å². The Hall–Kier alpha value is -2.93. The molecule has 2 heterocycles. The molecule has 3 rings (SSSR count). The van der Waals surface area contributed by atoms with Crippen LogP contribution in [0, 0.1) is 13.8 Å². The number of aryl methyl sites for hydroxylation is 1. The quantitative estimate of drug-likeness (QED) is 0.693. The summed E-state index contributed by atoms with van der Waals surface area (Å²) in [7, 11) is 1.62. The number of methoxy groups -OCH3 is 1. The molecule has 7 nitrogen and oxygen atoms in total. The molecule has 1 amide bonds. The third-order valence-electron chi connectivity index (χ3n) is 4.42. The van der Waals surface area contributed by atoms with Crippen LogP contribution in [-0.2, 0) is 11.2 Å². The molecular formula is C20H24N4O3. The summed E-state index contributed by atoms with van der Waals surface area (Å²) in [6, 6.07) is 11.5. The number of rotatable bonds is 7. The van der Waals surface area contributed by atoms with E-state index in [2.05, 4.69) is 20.0 Å². The van der Waals surface area contributed by atoms with Crippen molar-refractivity contribution in [1.29, 1.82) is 0 Å². The van der Waals surface area contributed by atoms with Crippen molar-refractivity contribution < 1.29 is 14.1 Å². The summed E-state index contributed by atoms with van der Waals surface area (Å²) in [5.41, 5.74) is 3.53. The number of hydrogen-bond donors (Lipinski definition) is 1. The second-order valence-electron chi connectivity index (χ2n) is 6.44. The predicted molar refractivity (Wildman–Crippen MR) is 101 cm³/mol. The zero-order valence-electron chi connectivity index (χ0n) is 16.0. The van der Waals surface area contributed by atoms with E-state index in [-0.39, 0.29) is 11.9 Å². The lowest BCUT2D eigenvalue weighted by Crippen LogP contribution is -2.27. The van der Waals surface area contributed by atoms with Gasteiger partial charge in [0.2, 0.25) is 5.89 Å². The van der Waals surface area contributed by atoms with Gasteiger partial charge in [-0.3, -0.25) is 4.79 Å². The molecule has 0 fully saturated rings. The van der Waals surface area contributed by atoms with Gasteiger partial charge in [-0.1, -0.05) is 23.4 Å². The van der Waals surface area contributed by atoms with Crippen LogP contribution in [0.3, 0.4) is 0 Å². The van der Waals surface area contributed by atoms with Crippen molar-refractivity contribution in [2.24, 2.45) is 0 Å². The Kier molecular flexibility index (Phi) is 5.71. The van der Waals surface area contributed by atoms with E-state index in [9.17, 15) is 4.79 Å². The third kappa shape index (κ3) is 4.09. The van der Waals surface area contributed by atoms with E-state index in [1.165, 1.54) is 0 Å². The number of aromatic nitrogens is 3. The monoisotopic (exact) mass is 368 g/mol. The fraction of sp³-hybridized carbons (Fsp3) is 0.350. The molecule has 1 atom stereocenters. The highest BCUT2D eigenvalue weighted by Crippen LogP contribution is 2.21. The van der Waals surface area contributed by atoms with Crippen molar-refractivity contribution in [1.82, 2.24) is 20.0 Å². The predicted octanol–water partition coefficient (Wildman–Crippen LogP) is 3.16. The molecule has 2 aromatic heterocycles. The van der Waals surface area contributed by atoms with Crippen LogP contribution in [-0.4, -0.2) is 34.3 Å². The van der Waals surface area contributed by atoms with E-state index < -0.39 is 0 Å². The molecule has 142 valence electrons. The summed E-state index contributed by atoms with van der Waals surface area (Å²) in [6.07, 6.45) is 0.568. The second kappa shape index (κ2) is 8.18. The van der Waals surface area contributed by atoms with Crippen LogP contribution >= 0.6 is 0 Å². The van der Waals surface area contributed by atoms with Gasteiger partial charge in [0.05, 0.1) is 12.2 Å². The summed E-state index contributed by atoms with van der Waals surface area (Å²) in [5.74, 6) is 0.774. The van der Waals surface area contributed by atoms with E-state index in [0.29, 0.717) is 30.3 Å². The Morgan fingerprint density at radius 2 is 2.04 bits per heavy atom. The number of carbonyl (C=O) groups excluding carboxylic acids is 1. The van der Waals surface area contributed by atoms with Crippen LogP contribution in [0.25, 0.3) is 5.69 Å². The summed E-state index contributed by atoms with van der Waals surface area (Å²) in [4.78, 5) is 17.1. The van der Waals surface area contributed by atoms with Crippen molar-refractivity contribution in [3.05, 3.63) is 65.1 Å². The Morgan fingerprint density at radius 3 is 2.74 bits per heavy atom. The Bertz CT molecular complexity index is 915. The van der Waals surface area contributed by atoms with Crippen molar-refractivity contribution in [2.45, 2.75) is 33.2 Å². The average molecular weight is 368 g/mol. The number of hydrogen-bond acceptors (Lipinski definition) is 5. The number of benzene rings is 1. The van der Waals surface area contributed by atoms with Gasteiger partial charge in [-0.05, 0) is 39.0 Å². The number of para-hydroxylation sites is 1. The van der Waals surface area contributed by atoms with Crippen LogP contribution in [0.4, 0.5) is 0 Å². The molecule has 3 aromatic rings. The van der Waals surface area contributed by atoms with Gasteiger partial charge < -0.3 is 19.1 Å². The molecule has 0 aliphatic heterocycles. The third-order valence-corrected chi connectivity index (χ3v) is 4.42. The highest BCUT2D eigenvalue weighted by atomic mass is 16.5. The molecule has 0 spiro atoms. The first kappa shape index (κ1) is 18.8. The number of amides is 1. The van der Waals surface area contributed by atoms with Gasteiger partial charge in [-0.25, -0.2) is 0 Å². The van der Waals surface area contributed by atoms with Crippen LogP contribution in [0.15, 0.2) is 40.9 Å². The molecule has 0 saturated carbocycles. The van der Waals surface area contributed by atoms with Gasteiger partial charge >= 0.3 is 0 Å². The van der Waals surface area contributed by atoms with E-state index >= 15 is 0 Å². The first-order chi connectivity index (χ1) is 13.0. The van der Waals surface area contributed by atoms with Crippen LogP contribution in [0.5, 0.6) is 0 Å². The van der Waals surface area contributed by atoms with Crippen LogP contribution < -0.4 is 5.32 Å². The molecule has 0 aliphatic rings. The van der Waals surface area contributed by atoms with E-state index in [4.69, 9.17) is 9.26 Å². The standard InChI is InChI=1S/C20H24N4O3/c1-13-12-17(15(3)24(13)16-8-6-5-7-9-16)19(25)21-14(2)20-22-18(23-27-20)10-11-26-4/h5-9,12,14H,10-11H2,1-4H3,(H,21,25)/t14-/m1/s1. The Balaban J connectivity index is 1.76. The minimum absolute atomic E-state index is 0.172. The van der Waals surface area contributed by atoms with Gasteiger partial charge in [0.1, 0.15) is 6.04 Å². The van der Waals surface area contributed by atoms with Crippen LogP contribution in [0.1, 0.15) is 46.4 Å². The lowest BCUT2D eigenvalue weighted by molar-refractivity contribution is 0.0932. The number of nitrogens with one attached hydrogen (secondary N) is 1. The Labute approximate surface area is 158 Å². The lowest BCUT2D eigenvalue weighted by atomic mass is 10.2. The molecule has 7 heteroatoms. The van der Waals surface area contributed by atoms with Gasteiger partial charge in [0, 0.05) is 30.6 Å².